The molecule has 2 amide bonds. The molecule has 0 radical (unpaired) electrons. The van der Waals surface area contributed by atoms with Crippen LogP contribution in [0.1, 0.15) is 36.2 Å². The Morgan fingerprint density at radius 3 is 2.44 bits per heavy atom. The molecule has 0 aliphatic heterocycles. The number of nitrogens with one attached hydrogen (secondary N) is 2. The Kier molecular flexibility index (Phi) is 7.62. The third-order valence-electron chi connectivity index (χ3n) is 4.11. The molecule has 0 aliphatic carbocycles. The normalized spacial score (nSPS) is 11.3. The van der Waals surface area contributed by atoms with Crippen LogP contribution in [0.5, 0.6) is 5.75 Å². The summed E-state index contributed by atoms with van der Waals surface area (Å²) in [6.07, 6.45) is 2.40. The molecular formula is C22H26N2O3. The second-order valence-corrected chi connectivity index (χ2v) is 6.05. The third-order valence-corrected chi connectivity index (χ3v) is 4.11. The summed E-state index contributed by atoms with van der Waals surface area (Å²) in [7, 11) is 0. The fourth-order valence-corrected chi connectivity index (χ4v) is 2.55. The molecule has 0 bridgehead atoms. The summed E-state index contributed by atoms with van der Waals surface area (Å²) in [5.74, 6) is 0.0853. The summed E-state index contributed by atoms with van der Waals surface area (Å²) in [6, 6.07) is 14.6. The van der Waals surface area contributed by atoms with E-state index in [0.29, 0.717) is 30.0 Å². The van der Waals surface area contributed by atoms with Gasteiger partial charge in [0.2, 0.25) is 0 Å². The average Bonchev–Trinajstić information content (AvgIpc) is 2.70. The number of benzene rings is 2. The van der Waals surface area contributed by atoms with E-state index < -0.39 is 6.10 Å². The zero-order valence-corrected chi connectivity index (χ0v) is 15.8. The molecule has 142 valence electrons. The first-order chi connectivity index (χ1) is 13.1. The van der Waals surface area contributed by atoms with Crippen molar-refractivity contribution in [3.8, 4) is 5.75 Å². The van der Waals surface area contributed by atoms with E-state index in [-0.39, 0.29) is 11.8 Å². The molecule has 0 saturated heterocycles. The van der Waals surface area contributed by atoms with Gasteiger partial charge >= 0.3 is 0 Å². The molecular weight excluding hydrogens is 340 g/mol. The number of ether oxygens (including phenoxy) is 1. The minimum Gasteiger partial charge on any atom is -0.481 e. The van der Waals surface area contributed by atoms with Crippen LogP contribution in [0.3, 0.4) is 0 Å². The average molecular weight is 366 g/mol. The largest absolute Gasteiger partial charge is 0.481 e. The zero-order chi connectivity index (χ0) is 19.6. The molecule has 2 rings (SSSR count). The fraction of sp³-hybridized carbons (Fsp3) is 0.273. The molecule has 2 aromatic carbocycles. The molecule has 2 aromatic rings. The molecule has 5 heteroatoms. The van der Waals surface area contributed by atoms with Crippen LogP contribution in [-0.2, 0) is 11.2 Å². The van der Waals surface area contributed by atoms with Crippen LogP contribution >= 0.6 is 0 Å². The van der Waals surface area contributed by atoms with Crippen LogP contribution in [0.15, 0.2) is 61.2 Å². The van der Waals surface area contributed by atoms with Crippen molar-refractivity contribution < 1.29 is 14.3 Å². The van der Waals surface area contributed by atoms with Crippen molar-refractivity contribution in [1.29, 1.82) is 0 Å². The van der Waals surface area contributed by atoms with Crippen molar-refractivity contribution >= 4 is 17.5 Å². The third kappa shape index (κ3) is 5.71. The highest BCUT2D eigenvalue weighted by atomic mass is 16.5. The van der Waals surface area contributed by atoms with Crippen molar-refractivity contribution in [2.24, 2.45) is 0 Å². The second kappa shape index (κ2) is 10.2. The number of carbonyl (C=O) groups is 2. The van der Waals surface area contributed by atoms with E-state index in [4.69, 9.17) is 4.74 Å². The van der Waals surface area contributed by atoms with E-state index >= 15 is 0 Å². The summed E-state index contributed by atoms with van der Waals surface area (Å²) in [4.78, 5) is 24.9. The van der Waals surface area contributed by atoms with Crippen LogP contribution in [0.2, 0.25) is 0 Å². The molecule has 5 nitrogen and oxygen atoms in total. The summed E-state index contributed by atoms with van der Waals surface area (Å²) in [5.41, 5.74) is 2.06. The standard InChI is InChI=1S/C22H26N2O3/c1-4-15-23-21(25)18-9-7-8-10-19(18)24-22(26)20(6-3)27-17-13-11-16(5-2)12-14-17/h4,7-14,20H,1,5-6,15H2,2-3H3,(H,23,25)(H,24,26). The van der Waals surface area contributed by atoms with Gasteiger partial charge in [0.05, 0.1) is 11.3 Å². The first-order valence-electron chi connectivity index (χ1n) is 9.13. The van der Waals surface area contributed by atoms with Crippen LogP contribution in [0.4, 0.5) is 5.69 Å². The van der Waals surface area contributed by atoms with Crippen molar-refractivity contribution in [1.82, 2.24) is 5.32 Å². The molecule has 0 aromatic heterocycles. The van der Waals surface area contributed by atoms with E-state index in [1.54, 1.807) is 30.3 Å². The second-order valence-electron chi connectivity index (χ2n) is 6.05. The molecule has 0 spiro atoms. The maximum absolute atomic E-state index is 12.7. The lowest BCUT2D eigenvalue weighted by molar-refractivity contribution is -0.122. The lowest BCUT2D eigenvalue weighted by atomic mass is 10.1. The quantitative estimate of drug-likeness (QED) is 0.660. The number of hydrogen-bond donors (Lipinski definition) is 2. The van der Waals surface area contributed by atoms with Crippen LogP contribution in [0, 0.1) is 0 Å². The Hall–Kier alpha value is -3.08. The highest BCUT2D eigenvalue weighted by molar-refractivity contribution is 6.04. The van der Waals surface area contributed by atoms with E-state index in [2.05, 4.69) is 24.1 Å². The molecule has 27 heavy (non-hydrogen) atoms. The Balaban J connectivity index is 2.09. The summed E-state index contributed by atoms with van der Waals surface area (Å²) >= 11 is 0. The van der Waals surface area contributed by atoms with Crippen molar-refractivity contribution in [2.75, 3.05) is 11.9 Å². The summed E-state index contributed by atoms with van der Waals surface area (Å²) in [5, 5.41) is 5.53. The van der Waals surface area contributed by atoms with Gasteiger partial charge in [-0.2, -0.15) is 0 Å². The number of aryl methyl sites for hydroxylation is 1. The molecule has 0 heterocycles. The van der Waals surface area contributed by atoms with Gasteiger partial charge in [-0.3, -0.25) is 9.59 Å². The predicted octanol–water partition coefficient (Wildman–Crippen LogP) is 3.96. The summed E-state index contributed by atoms with van der Waals surface area (Å²) < 4.78 is 5.84. The monoisotopic (exact) mass is 366 g/mol. The smallest absolute Gasteiger partial charge is 0.265 e. The van der Waals surface area contributed by atoms with Gasteiger partial charge in [-0.05, 0) is 42.7 Å². The van der Waals surface area contributed by atoms with Gasteiger partial charge in [0.25, 0.3) is 11.8 Å². The van der Waals surface area contributed by atoms with E-state index in [0.717, 1.165) is 6.42 Å². The molecule has 0 aliphatic rings. The van der Waals surface area contributed by atoms with Gasteiger partial charge in [0.15, 0.2) is 6.10 Å². The van der Waals surface area contributed by atoms with E-state index in [1.165, 1.54) is 5.56 Å². The lowest BCUT2D eigenvalue weighted by Crippen LogP contribution is -2.33. The predicted molar refractivity (Wildman–Crippen MR) is 108 cm³/mol. The van der Waals surface area contributed by atoms with Gasteiger partial charge in [-0.1, -0.05) is 44.2 Å². The van der Waals surface area contributed by atoms with Gasteiger partial charge in [0, 0.05) is 6.54 Å². The topological polar surface area (TPSA) is 67.4 Å². The molecule has 2 N–H and O–H groups in total. The molecule has 1 atom stereocenters. The first kappa shape index (κ1) is 20.2. The minimum absolute atomic E-state index is 0.269. The van der Waals surface area contributed by atoms with Crippen LogP contribution in [-0.4, -0.2) is 24.5 Å². The zero-order valence-electron chi connectivity index (χ0n) is 15.8. The number of carbonyl (C=O) groups excluding carboxylic acids is 2. The number of hydrogen-bond acceptors (Lipinski definition) is 3. The highest BCUT2D eigenvalue weighted by Gasteiger charge is 2.20. The SMILES string of the molecule is C=CCNC(=O)c1ccccc1NC(=O)C(CC)Oc1ccc(CC)cc1. The Bertz CT molecular complexity index is 784. The number of para-hydroxylation sites is 1. The Morgan fingerprint density at radius 2 is 1.81 bits per heavy atom. The highest BCUT2D eigenvalue weighted by Crippen LogP contribution is 2.19. The summed E-state index contributed by atoms with van der Waals surface area (Å²) in [6.45, 7) is 7.90. The van der Waals surface area contributed by atoms with Gasteiger partial charge in [0.1, 0.15) is 5.75 Å². The van der Waals surface area contributed by atoms with E-state index in [9.17, 15) is 9.59 Å². The van der Waals surface area contributed by atoms with Crippen molar-refractivity contribution in [3.05, 3.63) is 72.3 Å². The van der Waals surface area contributed by atoms with Crippen molar-refractivity contribution in [2.45, 2.75) is 32.8 Å². The van der Waals surface area contributed by atoms with Gasteiger partial charge in [-0.25, -0.2) is 0 Å². The fourth-order valence-electron chi connectivity index (χ4n) is 2.55. The number of anilines is 1. The van der Waals surface area contributed by atoms with Gasteiger partial charge in [-0.15, -0.1) is 6.58 Å². The maximum Gasteiger partial charge on any atom is 0.265 e. The van der Waals surface area contributed by atoms with E-state index in [1.807, 2.05) is 31.2 Å². The maximum atomic E-state index is 12.7. The van der Waals surface area contributed by atoms with Gasteiger partial charge < -0.3 is 15.4 Å². The molecule has 1 unspecified atom stereocenters. The number of rotatable bonds is 9. The van der Waals surface area contributed by atoms with Crippen LogP contribution < -0.4 is 15.4 Å². The molecule has 0 fully saturated rings. The Labute approximate surface area is 160 Å². The Morgan fingerprint density at radius 1 is 1.11 bits per heavy atom. The lowest BCUT2D eigenvalue weighted by Gasteiger charge is -2.18. The first-order valence-corrected chi connectivity index (χ1v) is 9.13. The molecule has 0 saturated carbocycles. The van der Waals surface area contributed by atoms with Crippen LogP contribution in [0.25, 0.3) is 0 Å². The minimum atomic E-state index is -0.651. The number of amides is 2. The van der Waals surface area contributed by atoms with Crippen molar-refractivity contribution in [3.63, 3.8) is 0 Å².